The standard InChI is InChI=1S/C14H15ClN2/c1-10-3-2-8-17(10)14-6-7-16-13-9-11(15)4-5-12(13)14/h4-7,9-10H,2-3,8H2,1H3/t10-/m0/s1. The molecule has 3 rings (SSSR count). The Morgan fingerprint density at radius 3 is 3.00 bits per heavy atom. The van der Waals surface area contributed by atoms with Crippen LogP contribution < -0.4 is 4.90 Å². The molecule has 2 aromatic rings. The molecule has 0 amide bonds. The van der Waals surface area contributed by atoms with E-state index in [1.807, 2.05) is 18.3 Å². The summed E-state index contributed by atoms with van der Waals surface area (Å²) in [5.41, 5.74) is 2.27. The van der Waals surface area contributed by atoms with Gasteiger partial charge in [0, 0.05) is 34.9 Å². The number of hydrogen-bond acceptors (Lipinski definition) is 2. The van der Waals surface area contributed by atoms with Crippen LogP contribution in [-0.4, -0.2) is 17.6 Å². The molecular weight excluding hydrogens is 232 g/mol. The molecular formula is C14H15ClN2. The number of pyridine rings is 1. The molecule has 0 saturated carbocycles. The predicted octanol–water partition coefficient (Wildman–Crippen LogP) is 3.88. The van der Waals surface area contributed by atoms with Crippen molar-refractivity contribution in [3.63, 3.8) is 0 Å². The molecule has 3 heteroatoms. The summed E-state index contributed by atoms with van der Waals surface area (Å²) >= 11 is 6.01. The lowest BCUT2D eigenvalue weighted by molar-refractivity contribution is 0.736. The predicted molar refractivity (Wildman–Crippen MR) is 72.8 cm³/mol. The number of fused-ring (bicyclic) bond motifs is 1. The average Bonchev–Trinajstić information content (AvgIpc) is 2.74. The van der Waals surface area contributed by atoms with Crippen LogP contribution in [0.15, 0.2) is 30.5 Å². The summed E-state index contributed by atoms with van der Waals surface area (Å²) in [7, 11) is 0. The maximum absolute atomic E-state index is 6.01. The number of anilines is 1. The summed E-state index contributed by atoms with van der Waals surface area (Å²) < 4.78 is 0. The first-order chi connectivity index (χ1) is 8.25. The molecule has 2 nitrogen and oxygen atoms in total. The van der Waals surface area contributed by atoms with Crippen LogP contribution in [0, 0.1) is 0 Å². The molecule has 88 valence electrons. The Morgan fingerprint density at radius 2 is 2.24 bits per heavy atom. The molecule has 1 aromatic carbocycles. The Balaban J connectivity index is 2.16. The van der Waals surface area contributed by atoms with Gasteiger partial charge in [0.05, 0.1) is 5.52 Å². The van der Waals surface area contributed by atoms with E-state index in [4.69, 9.17) is 11.6 Å². The monoisotopic (exact) mass is 246 g/mol. The van der Waals surface area contributed by atoms with Gasteiger partial charge in [0.25, 0.3) is 0 Å². The topological polar surface area (TPSA) is 16.1 Å². The van der Waals surface area contributed by atoms with Gasteiger partial charge in [0.15, 0.2) is 0 Å². The molecule has 0 spiro atoms. The molecule has 0 N–H and O–H groups in total. The molecule has 0 aliphatic carbocycles. The summed E-state index contributed by atoms with van der Waals surface area (Å²) in [6, 6.07) is 8.68. The van der Waals surface area contributed by atoms with E-state index in [1.54, 1.807) is 0 Å². The van der Waals surface area contributed by atoms with Crippen molar-refractivity contribution in [2.45, 2.75) is 25.8 Å². The summed E-state index contributed by atoms with van der Waals surface area (Å²) in [6.07, 6.45) is 4.43. The van der Waals surface area contributed by atoms with Crippen molar-refractivity contribution in [1.82, 2.24) is 4.98 Å². The van der Waals surface area contributed by atoms with Crippen molar-refractivity contribution < 1.29 is 0 Å². The lowest BCUT2D eigenvalue weighted by Crippen LogP contribution is -2.26. The third kappa shape index (κ3) is 1.87. The van der Waals surface area contributed by atoms with E-state index < -0.39 is 0 Å². The van der Waals surface area contributed by atoms with Crippen molar-refractivity contribution in [3.05, 3.63) is 35.5 Å². The van der Waals surface area contributed by atoms with Gasteiger partial charge in [-0.3, -0.25) is 4.98 Å². The maximum Gasteiger partial charge on any atom is 0.0737 e. The number of nitrogens with zero attached hydrogens (tertiary/aromatic N) is 2. The molecule has 1 fully saturated rings. The van der Waals surface area contributed by atoms with Crippen molar-refractivity contribution in [2.75, 3.05) is 11.4 Å². The zero-order valence-corrected chi connectivity index (χ0v) is 10.6. The summed E-state index contributed by atoms with van der Waals surface area (Å²) in [5, 5.41) is 1.95. The van der Waals surface area contributed by atoms with E-state index in [-0.39, 0.29) is 0 Å². The van der Waals surface area contributed by atoms with Gasteiger partial charge in [0.2, 0.25) is 0 Å². The second kappa shape index (κ2) is 4.19. The normalized spacial score (nSPS) is 20.1. The largest absolute Gasteiger partial charge is 0.368 e. The summed E-state index contributed by atoms with van der Waals surface area (Å²) in [6.45, 7) is 3.43. The van der Waals surface area contributed by atoms with Crippen LogP contribution in [0.2, 0.25) is 5.02 Å². The molecule has 1 aromatic heterocycles. The molecule has 1 atom stereocenters. The molecule has 17 heavy (non-hydrogen) atoms. The summed E-state index contributed by atoms with van der Waals surface area (Å²) in [4.78, 5) is 6.86. The zero-order valence-electron chi connectivity index (χ0n) is 9.86. The fourth-order valence-electron chi connectivity index (χ4n) is 2.65. The first-order valence-electron chi connectivity index (χ1n) is 6.06. The highest BCUT2D eigenvalue weighted by Crippen LogP contribution is 2.32. The third-order valence-electron chi connectivity index (χ3n) is 3.54. The van der Waals surface area contributed by atoms with Gasteiger partial charge in [-0.15, -0.1) is 0 Å². The van der Waals surface area contributed by atoms with E-state index in [0.717, 1.165) is 17.1 Å². The van der Waals surface area contributed by atoms with Crippen molar-refractivity contribution in [1.29, 1.82) is 0 Å². The Labute approximate surface area is 106 Å². The van der Waals surface area contributed by atoms with E-state index in [2.05, 4.69) is 28.9 Å². The van der Waals surface area contributed by atoms with Crippen LogP contribution in [0.25, 0.3) is 10.9 Å². The van der Waals surface area contributed by atoms with Crippen LogP contribution >= 0.6 is 11.6 Å². The second-order valence-corrected chi connectivity index (χ2v) is 5.11. The van der Waals surface area contributed by atoms with Crippen LogP contribution in [0.3, 0.4) is 0 Å². The van der Waals surface area contributed by atoms with Gasteiger partial charge in [-0.25, -0.2) is 0 Å². The highest BCUT2D eigenvalue weighted by atomic mass is 35.5. The first kappa shape index (κ1) is 10.8. The van der Waals surface area contributed by atoms with Crippen LogP contribution in [0.1, 0.15) is 19.8 Å². The van der Waals surface area contributed by atoms with Gasteiger partial charge < -0.3 is 4.90 Å². The minimum atomic E-state index is 0.622. The zero-order chi connectivity index (χ0) is 11.8. The number of rotatable bonds is 1. The molecule has 1 aliphatic heterocycles. The maximum atomic E-state index is 6.01. The van der Waals surface area contributed by atoms with Gasteiger partial charge in [0.1, 0.15) is 0 Å². The highest BCUT2D eigenvalue weighted by molar-refractivity contribution is 6.31. The van der Waals surface area contributed by atoms with Crippen LogP contribution in [0.4, 0.5) is 5.69 Å². The smallest absolute Gasteiger partial charge is 0.0737 e. The number of benzene rings is 1. The SMILES string of the molecule is C[C@H]1CCCN1c1ccnc2cc(Cl)ccc12. The third-order valence-corrected chi connectivity index (χ3v) is 3.78. The van der Waals surface area contributed by atoms with Crippen LogP contribution in [0.5, 0.6) is 0 Å². The Hall–Kier alpha value is -1.28. The number of hydrogen-bond donors (Lipinski definition) is 0. The Morgan fingerprint density at radius 1 is 1.35 bits per heavy atom. The molecule has 0 radical (unpaired) electrons. The minimum absolute atomic E-state index is 0.622. The minimum Gasteiger partial charge on any atom is -0.368 e. The number of aromatic nitrogens is 1. The lowest BCUT2D eigenvalue weighted by atomic mass is 10.1. The van der Waals surface area contributed by atoms with E-state index in [9.17, 15) is 0 Å². The van der Waals surface area contributed by atoms with Gasteiger partial charge in [-0.1, -0.05) is 11.6 Å². The van der Waals surface area contributed by atoms with E-state index in [0.29, 0.717) is 6.04 Å². The molecule has 0 unspecified atom stereocenters. The van der Waals surface area contributed by atoms with Gasteiger partial charge in [-0.2, -0.15) is 0 Å². The second-order valence-electron chi connectivity index (χ2n) is 4.68. The number of halogens is 1. The van der Waals surface area contributed by atoms with Crippen LogP contribution in [-0.2, 0) is 0 Å². The Kier molecular flexibility index (Phi) is 2.67. The molecule has 1 saturated heterocycles. The highest BCUT2D eigenvalue weighted by Gasteiger charge is 2.21. The molecule has 0 bridgehead atoms. The molecule has 2 heterocycles. The van der Waals surface area contributed by atoms with Gasteiger partial charge in [-0.05, 0) is 44.0 Å². The Bertz CT molecular complexity index is 553. The van der Waals surface area contributed by atoms with E-state index >= 15 is 0 Å². The van der Waals surface area contributed by atoms with Crippen molar-refractivity contribution in [3.8, 4) is 0 Å². The average molecular weight is 247 g/mol. The van der Waals surface area contributed by atoms with Crippen molar-refractivity contribution >= 4 is 28.2 Å². The van der Waals surface area contributed by atoms with E-state index in [1.165, 1.54) is 23.9 Å². The first-order valence-corrected chi connectivity index (χ1v) is 6.44. The van der Waals surface area contributed by atoms with Gasteiger partial charge >= 0.3 is 0 Å². The fourth-order valence-corrected chi connectivity index (χ4v) is 2.81. The lowest BCUT2D eigenvalue weighted by Gasteiger charge is -2.25. The van der Waals surface area contributed by atoms with Crippen molar-refractivity contribution in [2.24, 2.45) is 0 Å². The fraction of sp³-hybridized carbons (Fsp3) is 0.357. The molecule has 1 aliphatic rings. The summed E-state index contributed by atoms with van der Waals surface area (Å²) in [5.74, 6) is 0. The quantitative estimate of drug-likeness (QED) is 0.759.